The van der Waals surface area contributed by atoms with Gasteiger partial charge in [0.2, 0.25) is 0 Å². The van der Waals surface area contributed by atoms with Crippen LogP contribution < -0.4 is 8.92 Å². The second-order valence-electron chi connectivity index (χ2n) is 5.59. The van der Waals surface area contributed by atoms with Crippen molar-refractivity contribution in [2.45, 2.75) is 32.1 Å². The third kappa shape index (κ3) is 4.58. The normalized spacial score (nSPS) is 11.1. The highest BCUT2D eigenvalue weighted by Gasteiger charge is 2.20. The van der Waals surface area contributed by atoms with Crippen LogP contribution in [-0.4, -0.2) is 21.3 Å². The number of hydrogen-bond donors (Lipinski definition) is 0. The highest BCUT2D eigenvalue weighted by molar-refractivity contribution is 7.87. The Morgan fingerprint density at radius 2 is 1.67 bits per heavy atom. The lowest BCUT2D eigenvalue weighted by molar-refractivity contribution is -0.108. The Kier molecular flexibility index (Phi) is 5.62. The van der Waals surface area contributed by atoms with Crippen LogP contribution in [0.5, 0.6) is 11.5 Å². The van der Waals surface area contributed by atoms with Gasteiger partial charge >= 0.3 is 10.1 Å². The van der Waals surface area contributed by atoms with Gasteiger partial charge < -0.3 is 13.7 Å². The van der Waals surface area contributed by atoms with E-state index in [2.05, 4.69) is 0 Å². The summed E-state index contributed by atoms with van der Waals surface area (Å²) in [5, 5.41) is 0. The van der Waals surface area contributed by atoms with E-state index in [0.29, 0.717) is 11.3 Å². The SMILES string of the molecule is Cc1cc(OCCC=O)cc(OS(=O)(=O)c2cc(C)ccc2C)c1. The molecule has 0 spiro atoms. The number of hydrogen-bond acceptors (Lipinski definition) is 5. The van der Waals surface area contributed by atoms with Gasteiger partial charge in [-0.15, -0.1) is 0 Å². The Balaban J connectivity index is 2.29. The average Bonchev–Trinajstić information content (AvgIpc) is 2.49. The van der Waals surface area contributed by atoms with Crippen LogP contribution >= 0.6 is 0 Å². The van der Waals surface area contributed by atoms with Crippen molar-refractivity contribution in [3.63, 3.8) is 0 Å². The molecule has 0 radical (unpaired) electrons. The standard InChI is InChI=1S/C18H20O5S/c1-13-5-6-15(3)18(11-13)24(20,21)23-17-10-14(2)9-16(12-17)22-8-4-7-19/h5-7,9-12H,4,8H2,1-3H3. The lowest BCUT2D eigenvalue weighted by atomic mass is 10.2. The van der Waals surface area contributed by atoms with Gasteiger partial charge in [0, 0.05) is 12.5 Å². The number of rotatable bonds is 7. The Morgan fingerprint density at radius 1 is 0.958 bits per heavy atom. The number of carbonyl (C=O) groups is 1. The molecule has 6 heteroatoms. The van der Waals surface area contributed by atoms with E-state index in [1.165, 1.54) is 6.07 Å². The molecule has 0 aromatic heterocycles. The van der Waals surface area contributed by atoms with Gasteiger partial charge in [-0.2, -0.15) is 8.42 Å². The summed E-state index contributed by atoms with van der Waals surface area (Å²) in [6, 6.07) is 10.1. The highest BCUT2D eigenvalue weighted by Crippen LogP contribution is 2.27. The minimum Gasteiger partial charge on any atom is -0.493 e. The number of aryl methyl sites for hydroxylation is 3. The molecule has 0 N–H and O–H groups in total. The van der Waals surface area contributed by atoms with Crippen molar-refractivity contribution < 1.29 is 22.1 Å². The van der Waals surface area contributed by atoms with Crippen LogP contribution in [0, 0.1) is 20.8 Å². The Hall–Kier alpha value is -2.34. The van der Waals surface area contributed by atoms with Crippen LogP contribution in [0.3, 0.4) is 0 Å². The van der Waals surface area contributed by atoms with Crippen LogP contribution in [0.25, 0.3) is 0 Å². The summed E-state index contributed by atoms with van der Waals surface area (Å²) in [4.78, 5) is 10.5. The topological polar surface area (TPSA) is 69.7 Å². The molecule has 5 nitrogen and oxygen atoms in total. The van der Waals surface area contributed by atoms with Gasteiger partial charge in [-0.1, -0.05) is 12.1 Å². The molecule has 2 aromatic rings. The maximum absolute atomic E-state index is 12.5. The van der Waals surface area contributed by atoms with Crippen LogP contribution in [0.15, 0.2) is 41.3 Å². The van der Waals surface area contributed by atoms with E-state index in [1.54, 1.807) is 31.2 Å². The number of carbonyl (C=O) groups excluding carboxylic acids is 1. The highest BCUT2D eigenvalue weighted by atomic mass is 32.2. The molecule has 0 aliphatic carbocycles. The fraction of sp³-hybridized carbons (Fsp3) is 0.278. The molecule has 0 amide bonds. The van der Waals surface area contributed by atoms with E-state index in [-0.39, 0.29) is 23.7 Å². The molecule has 0 saturated heterocycles. The zero-order chi connectivity index (χ0) is 17.7. The van der Waals surface area contributed by atoms with Crippen molar-refractivity contribution in [3.05, 3.63) is 53.1 Å². The Labute approximate surface area is 142 Å². The third-order valence-electron chi connectivity index (χ3n) is 3.35. The molecule has 0 heterocycles. The third-order valence-corrected chi connectivity index (χ3v) is 4.74. The molecule has 0 bridgehead atoms. The summed E-state index contributed by atoms with van der Waals surface area (Å²) in [5.41, 5.74) is 2.25. The minimum absolute atomic E-state index is 0.146. The van der Waals surface area contributed by atoms with Gasteiger partial charge in [0.15, 0.2) is 0 Å². The molecule has 0 unspecified atom stereocenters. The smallest absolute Gasteiger partial charge is 0.339 e. The van der Waals surface area contributed by atoms with E-state index in [9.17, 15) is 13.2 Å². The number of benzene rings is 2. The maximum atomic E-state index is 12.5. The first-order chi connectivity index (χ1) is 11.3. The van der Waals surface area contributed by atoms with Crippen molar-refractivity contribution in [2.24, 2.45) is 0 Å². The van der Waals surface area contributed by atoms with Crippen LogP contribution in [0.1, 0.15) is 23.1 Å². The number of aldehydes is 1. The minimum atomic E-state index is -3.94. The van der Waals surface area contributed by atoms with Gasteiger partial charge in [0.25, 0.3) is 0 Å². The predicted molar refractivity (Wildman–Crippen MR) is 91.1 cm³/mol. The zero-order valence-corrected chi connectivity index (χ0v) is 14.7. The lowest BCUT2D eigenvalue weighted by Gasteiger charge is -2.12. The monoisotopic (exact) mass is 348 g/mol. The summed E-state index contributed by atoms with van der Waals surface area (Å²) >= 11 is 0. The fourth-order valence-corrected chi connectivity index (χ4v) is 3.45. The predicted octanol–water partition coefficient (Wildman–Crippen LogP) is 3.35. The first-order valence-electron chi connectivity index (χ1n) is 7.52. The second-order valence-corrected chi connectivity index (χ2v) is 7.11. The Bertz CT molecular complexity index is 840. The molecule has 0 aliphatic heterocycles. The largest absolute Gasteiger partial charge is 0.493 e. The van der Waals surface area contributed by atoms with Crippen molar-refractivity contribution in [1.82, 2.24) is 0 Å². The fourth-order valence-electron chi connectivity index (χ4n) is 2.22. The summed E-state index contributed by atoms with van der Waals surface area (Å²) in [6.07, 6.45) is 1.03. The van der Waals surface area contributed by atoms with Crippen LogP contribution in [0.4, 0.5) is 0 Å². The van der Waals surface area contributed by atoms with Crippen LogP contribution in [-0.2, 0) is 14.9 Å². The maximum Gasteiger partial charge on any atom is 0.339 e. The Morgan fingerprint density at radius 3 is 2.38 bits per heavy atom. The number of ether oxygens (including phenoxy) is 1. The van der Waals surface area contributed by atoms with Gasteiger partial charge in [-0.25, -0.2) is 0 Å². The summed E-state index contributed by atoms with van der Waals surface area (Å²) in [7, 11) is -3.94. The van der Waals surface area contributed by atoms with Crippen LogP contribution in [0.2, 0.25) is 0 Å². The molecular formula is C18H20O5S. The summed E-state index contributed by atoms with van der Waals surface area (Å²) in [6.45, 7) is 5.59. The van der Waals surface area contributed by atoms with E-state index in [1.807, 2.05) is 19.9 Å². The van der Waals surface area contributed by atoms with Gasteiger partial charge in [0.1, 0.15) is 22.7 Å². The van der Waals surface area contributed by atoms with Crippen molar-refractivity contribution in [1.29, 1.82) is 0 Å². The summed E-state index contributed by atoms with van der Waals surface area (Å²) in [5.74, 6) is 0.639. The molecule has 0 aliphatic rings. The van der Waals surface area contributed by atoms with Gasteiger partial charge in [-0.3, -0.25) is 0 Å². The van der Waals surface area contributed by atoms with E-state index < -0.39 is 10.1 Å². The summed E-state index contributed by atoms with van der Waals surface area (Å²) < 4.78 is 35.8. The average molecular weight is 348 g/mol. The second kappa shape index (κ2) is 7.49. The molecule has 2 aromatic carbocycles. The zero-order valence-electron chi connectivity index (χ0n) is 13.9. The van der Waals surface area contributed by atoms with Gasteiger partial charge in [-0.05, 0) is 55.7 Å². The van der Waals surface area contributed by atoms with Crippen molar-refractivity contribution >= 4 is 16.4 Å². The first kappa shape index (κ1) is 18.0. The molecule has 2 rings (SSSR count). The molecule has 128 valence electrons. The van der Waals surface area contributed by atoms with Crippen molar-refractivity contribution in [3.8, 4) is 11.5 Å². The molecular weight excluding hydrogens is 328 g/mol. The lowest BCUT2D eigenvalue weighted by Crippen LogP contribution is -2.12. The van der Waals surface area contributed by atoms with E-state index in [0.717, 1.165) is 17.4 Å². The van der Waals surface area contributed by atoms with Crippen molar-refractivity contribution in [2.75, 3.05) is 6.61 Å². The molecule has 24 heavy (non-hydrogen) atoms. The molecule has 0 fully saturated rings. The first-order valence-corrected chi connectivity index (χ1v) is 8.92. The van der Waals surface area contributed by atoms with E-state index in [4.69, 9.17) is 8.92 Å². The van der Waals surface area contributed by atoms with Gasteiger partial charge in [0.05, 0.1) is 6.61 Å². The molecule has 0 atom stereocenters. The van der Waals surface area contributed by atoms with E-state index >= 15 is 0 Å². The quantitative estimate of drug-likeness (QED) is 0.436. The molecule has 0 saturated carbocycles.